The molecule has 0 radical (unpaired) electrons. The van der Waals surface area contributed by atoms with Crippen molar-refractivity contribution in [2.45, 2.75) is 40.2 Å². The Kier molecular flexibility index (Phi) is 5.50. The van der Waals surface area contributed by atoms with Gasteiger partial charge in [-0.25, -0.2) is 0 Å². The summed E-state index contributed by atoms with van der Waals surface area (Å²) in [6.45, 7) is 12.1. The van der Waals surface area contributed by atoms with Crippen LogP contribution in [0.3, 0.4) is 0 Å². The molecule has 0 N–H and O–H groups in total. The normalized spacial score (nSPS) is 18.8. The predicted octanol–water partition coefficient (Wildman–Crippen LogP) is 1.59. The third kappa shape index (κ3) is 4.40. The summed E-state index contributed by atoms with van der Waals surface area (Å²) in [6.07, 6.45) is 1.22. The van der Waals surface area contributed by atoms with Gasteiger partial charge in [0.2, 0.25) is 0 Å². The number of nitrogens with zero attached hydrogens (tertiary/aromatic N) is 2. The Hall–Kier alpha value is -1.01. The zero-order valence-electron chi connectivity index (χ0n) is 11.5. The van der Waals surface area contributed by atoms with Crippen LogP contribution in [0.2, 0.25) is 0 Å². The van der Waals surface area contributed by atoms with E-state index in [0.717, 1.165) is 32.1 Å². The highest BCUT2D eigenvalue weighted by molar-refractivity contribution is 5.93. The molecule has 1 unspecified atom stereocenters. The topological polar surface area (TPSA) is 23.6 Å². The second-order valence-electron chi connectivity index (χ2n) is 5.18. The van der Waals surface area contributed by atoms with E-state index >= 15 is 0 Å². The number of carbonyl (C=O) groups is 1. The maximum atomic E-state index is 11.6. The monoisotopic (exact) mass is 236 g/mol. The number of hydrogen-bond donors (Lipinski definition) is 0. The standard InChI is InChI=1S/C14H24N2O/c1-5-6-14(17)16-9-7-15(8-10-16)13(4)11-12(2)3/h12-13H,7-11H2,1-4H3. The first-order valence-corrected chi connectivity index (χ1v) is 6.50. The van der Waals surface area contributed by atoms with Crippen molar-refractivity contribution in [3.8, 4) is 11.8 Å². The van der Waals surface area contributed by atoms with E-state index in [2.05, 4.69) is 37.5 Å². The maximum absolute atomic E-state index is 11.6. The van der Waals surface area contributed by atoms with Crippen LogP contribution < -0.4 is 0 Å². The average Bonchev–Trinajstić information content (AvgIpc) is 2.28. The van der Waals surface area contributed by atoms with E-state index < -0.39 is 0 Å². The van der Waals surface area contributed by atoms with Crippen LogP contribution in [0.5, 0.6) is 0 Å². The molecule has 96 valence electrons. The highest BCUT2D eigenvalue weighted by Crippen LogP contribution is 2.13. The molecule has 1 rings (SSSR count). The zero-order valence-corrected chi connectivity index (χ0v) is 11.5. The Labute approximate surface area is 105 Å². The Morgan fingerprint density at radius 1 is 1.18 bits per heavy atom. The Morgan fingerprint density at radius 2 is 1.76 bits per heavy atom. The van der Waals surface area contributed by atoms with Crippen molar-refractivity contribution < 1.29 is 4.79 Å². The molecular weight excluding hydrogens is 212 g/mol. The summed E-state index contributed by atoms with van der Waals surface area (Å²) in [5, 5.41) is 0. The van der Waals surface area contributed by atoms with E-state index in [1.807, 2.05) is 4.90 Å². The molecule has 1 atom stereocenters. The highest BCUT2D eigenvalue weighted by Gasteiger charge is 2.23. The minimum Gasteiger partial charge on any atom is -0.329 e. The van der Waals surface area contributed by atoms with Crippen molar-refractivity contribution in [1.82, 2.24) is 9.80 Å². The van der Waals surface area contributed by atoms with E-state index in [4.69, 9.17) is 0 Å². The second kappa shape index (κ2) is 6.66. The van der Waals surface area contributed by atoms with Crippen LogP contribution in [-0.2, 0) is 4.79 Å². The van der Waals surface area contributed by atoms with Gasteiger partial charge >= 0.3 is 0 Å². The van der Waals surface area contributed by atoms with Gasteiger partial charge in [-0.05, 0) is 32.1 Å². The van der Waals surface area contributed by atoms with Gasteiger partial charge in [0, 0.05) is 32.2 Å². The first kappa shape index (κ1) is 14.1. The fourth-order valence-corrected chi connectivity index (χ4v) is 2.38. The molecule has 3 heteroatoms. The minimum absolute atomic E-state index is 0.0244. The summed E-state index contributed by atoms with van der Waals surface area (Å²) < 4.78 is 0. The molecule has 1 heterocycles. The summed E-state index contributed by atoms with van der Waals surface area (Å²) in [6, 6.07) is 0.615. The van der Waals surface area contributed by atoms with Crippen LogP contribution in [0.15, 0.2) is 0 Å². The molecule has 0 spiro atoms. The van der Waals surface area contributed by atoms with Crippen LogP contribution in [0.4, 0.5) is 0 Å². The molecule has 0 aromatic carbocycles. The van der Waals surface area contributed by atoms with Crippen LogP contribution in [0, 0.1) is 17.8 Å². The molecule has 0 aliphatic carbocycles. The lowest BCUT2D eigenvalue weighted by molar-refractivity contribution is -0.127. The molecule has 1 saturated heterocycles. The quantitative estimate of drug-likeness (QED) is 0.695. The van der Waals surface area contributed by atoms with E-state index in [1.165, 1.54) is 6.42 Å². The molecule has 3 nitrogen and oxygen atoms in total. The van der Waals surface area contributed by atoms with Crippen LogP contribution in [0.1, 0.15) is 34.1 Å². The van der Waals surface area contributed by atoms with Gasteiger partial charge in [-0.1, -0.05) is 19.8 Å². The lowest BCUT2D eigenvalue weighted by atomic mass is 10.0. The number of amides is 1. The third-order valence-corrected chi connectivity index (χ3v) is 3.27. The molecule has 0 bridgehead atoms. The van der Waals surface area contributed by atoms with Crippen molar-refractivity contribution >= 4 is 5.91 Å². The second-order valence-corrected chi connectivity index (χ2v) is 5.18. The Balaban J connectivity index is 2.39. The summed E-state index contributed by atoms with van der Waals surface area (Å²) in [5.41, 5.74) is 0. The lowest BCUT2D eigenvalue weighted by Gasteiger charge is -2.37. The number of piperazine rings is 1. The van der Waals surface area contributed by atoms with Crippen molar-refractivity contribution in [2.75, 3.05) is 26.2 Å². The van der Waals surface area contributed by atoms with Gasteiger partial charge in [0.15, 0.2) is 0 Å². The first-order valence-electron chi connectivity index (χ1n) is 6.50. The van der Waals surface area contributed by atoms with Crippen LogP contribution in [-0.4, -0.2) is 47.9 Å². The van der Waals surface area contributed by atoms with Gasteiger partial charge in [0.25, 0.3) is 5.91 Å². The summed E-state index contributed by atoms with van der Waals surface area (Å²) in [5.74, 6) is 5.99. The zero-order chi connectivity index (χ0) is 12.8. The molecule has 1 aliphatic rings. The minimum atomic E-state index is -0.0244. The van der Waals surface area contributed by atoms with Gasteiger partial charge < -0.3 is 4.90 Å². The average molecular weight is 236 g/mol. The van der Waals surface area contributed by atoms with E-state index in [9.17, 15) is 4.79 Å². The third-order valence-electron chi connectivity index (χ3n) is 3.27. The van der Waals surface area contributed by atoms with Gasteiger partial charge in [0.1, 0.15) is 0 Å². The lowest BCUT2D eigenvalue weighted by Crippen LogP contribution is -2.51. The molecule has 1 aliphatic heterocycles. The summed E-state index contributed by atoms with van der Waals surface area (Å²) >= 11 is 0. The fraction of sp³-hybridized carbons (Fsp3) is 0.786. The summed E-state index contributed by atoms with van der Waals surface area (Å²) in [7, 11) is 0. The van der Waals surface area contributed by atoms with E-state index in [-0.39, 0.29) is 5.91 Å². The van der Waals surface area contributed by atoms with Crippen molar-refractivity contribution in [2.24, 2.45) is 5.92 Å². The van der Waals surface area contributed by atoms with Gasteiger partial charge in [-0.15, -0.1) is 0 Å². The number of rotatable bonds is 3. The SMILES string of the molecule is CC#CC(=O)N1CCN(C(C)CC(C)C)CC1. The molecule has 17 heavy (non-hydrogen) atoms. The first-order chi connectivity index (χ1) is 8.04. The number of carbonyl (C=O) groups excluding carboxylic acids is 1. The molecule has 0 aromatic heterocycles. The molecular formula is C14H24N2O. The van der Waals surface area contributed by atoms with Gasteiger partial charge in [0.05, 0.1) is 0 Å². The van der Waals surface area contributed by atoms with E-state index in [0.29, 0.717) is 6.04 Å². The highest BCUT2D eigenvalue weighted by atomic mass is 16.2. The van der Waals surface area contributed by atoms with Crippen molar-refractivity contribution in [3.05, 3.63) is 0 Å². The van der Waals surface area contributed by atoms with Crippen molar-refractivity contribution in [3.63, 3.8) is 0 Å². The fourth-order valence-electron chi connectivity index (χ4n) is 2.38. The largest absolute Gasteiger partial charge is 0.329 e. The summed E-state index contributed by atoms with van der Waals surface area (Å²) in [4.78, 5) is 15.9. The Morgan fingerprint density at radius 3 is 2.24 bits per heavy atom. The van der Waals surface area contributed by atoms with Crippen LogP contribution >= 0.6 is 0 Å². The molecule has 1 fully saturated rings. The molecule has 0 aromatic rings. The predicted molar refractivity (Wildman–Crippen MR) is 70.5 cm³/mol. The smallest absolute Gasteiger partial charge is 0.298 e. The van der Waals surface area contributed by atoms with Crippen LogP contribution in [0.25, 0.3) is 0 Å². The number of hydrogen-bond acceptors (Lipinski definition) is 2. The molecule has 1 amide bonds. The van der Waals surface area contributed by atoms with Gasteiger partial charge in [-0.2, -0.15) is 0 Å². The van der Waals surface area contributed by atoms with Gasteiger partial charge in [-0.3, -0.25) is 9.69 Å². The maximum Gasteiger partial charge on any atom is 0.298 e. The molecule has 0 saturated carbocycles. The van der Waals surface area contributed by atoms with Crippen molar-refractivity contribution in [1.29, 1.82) is 0 Å². The van der Waals surface area contributed by atoms with E-state index in [1.54, 1.807) is 6.92 Å². The Bertz CT molecular complexity index is 306.